The van der Waals surface area contributed by atoms with Gasteiger partial charge in [0.25, 0.3) is 5.91 Å². The monoisotopic (exact) mass is 301 g/mol. The topological polar surface area (TPSA) is 86.6 Å². The van der Waals surface area contributed by atoms with Crippen molar-refractivity contribution in [2.75, 3.05) is 6.54 Å². The molecule has 0 aromatic heterocycles. The highest BCUT2D eigenvalue weighted by Gasteiger charge is 2.16. The Morgan fingerprint density at radius 1 is 1.47 bits per heavy atom. The molecule has 0 fully saturated rings. The summed E-state index contributed by atoms with van der Waals surface area (Å²) in [6.07, 6.45) is -1.59. The van der Waals surface area contributed by atoms with Crippen LogP contribution in [-0.4, -0.2) is 34.7 Å². The second-order valence-corrected chi connectivity index (χ2v) is 4.40. The summed E-state index contributed by atoms with van der Waals surface area (Å²) in [5.74, 6) is -1.80. The van der Waals surface area contributed by atoms with Crippen LogP contribution in [0, 0.1) is 6.92 Å². The van der Waals surface area contributed by atoms with Crippen LogP contribution < -0.4 is 5.32 Å². The summed E-state index contributed by atoms with van der Waals surface area (Å²) < 4.78 is 0.625. The third-order valence-corrected chi connectivity index (χ3v) is 2.77. The van der Waals surface area contributed by atoms with Gasteiger partial charge in [0, 0.05) is 4.47 Å². The first kappa shape index (κ1) is 13.7. The Hall–Kier alpha value is -1.40. The molecule has 1 aromatic rings. The van der Waals surface area contributed by atoms with Gasteiger partial charge in [-0.05, 0) is 40.5 Å². The van der Waals surface area contributed by atoms with Gasteiger partial charge in [0.05, 0.1) is 12.1 Å². The van der Waals surface area contributed by atoms with E-state index < -0.39 is 18.0 Å². The summed E-state index contributed by atoms with van der Waals surface area (Å²) in [7, 11) is 0. The number of nitrogens with one attached hydrogen (secondary N) is 1. The number of halogens is 1. The smallest absolute Gasteiger partial charge is 0.334 e. The first-order valence-electron chi connectivity index (χ1n) is 4.87. The second-order valence-electron chi connectivity index (χ2n) is 3.55. The molecule has 1 atom stereocenters. The van der Waals surface area contributed by atoms with Crippen molar-refractivity contribution in [2.24, 2.45) is 0 Å². The lowest BCUT2D eigenvalue weighted by atomic mass is 10.1. The number of aliphatic hydroxyl groups is 1. The van der Waals surface area contributed by atoms with Crippen LogP contribution in [0.5, 0.6) is 0 Å². The molecule has 0 heterocycles. The quantitative estimate of drug-likeness (QED) is 0.772. The molecule has 6 heteroatoms. The van der Waals surface area contributed by atoms with Gasteiger partial charge in [-0.25, -0.2) is 4.79 Å². The average Bonchev–Trinajstić information content (AvgIpc) is 2.25. The van der Waals surface area contributed by atoms with Crippen LogP contribution in [0.15, 0.2) is 22.7 Å². The number of carbonyl (C=O) groups excluding carboxylic acids is 1. The molecule has 0 aliphatic heterocycles. The van der Waals surface area contributed by atoms with Gasteiger partial charge in [0.15, 0.2) is 6.10 Å². The zero-order valence-electron chi connectivity index (χ0n) is 9.11. The molecule has 0 radical (unpaired) electrons. The fourth-order valence-corrected chi connectivity index (χ4v) is 1.85. The highest BCUT2D eigenvalue weighted by Crippen LogP contribution is 2.18. The molecule has 0 bridgehead atoms. The Morgan fingerprint density at radius 3 is 2.65 bits per heavy atom. The number of hydrogen-bond donors (Lipinski definition) is 3. The lowest BCUT2D eigenvalue weighted by Gasteiger charge is -2.09. The predicted molar refractivity (Wildman–Crippen MR) is 64.9 cm³/mol. The SMILES string of the molecule is Cc1ccc(C(=O)NCC(O)C(=O)O)c(Br)c1. The molecule has 1 amide bonds. The van der Waals surface area contributed by atoms with Crippen LogP contribution in [0.1, 0.15) is 15.9 Å². The maximum Gasteiger partial charge on any atom is 0.334 e. The highest BCUT2D eigenvalue weighted by atomic mass is 79.9. The number of carbonyl (C=O) groups is 2. The van der Waals surface area contributed by atoms with Gasteiger partial charge < -0.3 is 15.5 Å². The Balaban J connectivity index is 2.67. The van der Waals surface area contributed by atoms with Gasteiger partial charge >= 0.3 is 5.97 Å². The van der Waals surface area contributed by atoms with E-state index in [0.717, 1.165) is 5.56 Å². The molecule has 1 unspecified atom stereocenters. The number of carboxylic acid groups (broad SMARTS) is 1. The van der Waals surface area contributed by atoms with Crippen LogP contribution in [0.3, 0.4) is 0 Å². The number of amides is 1. The lowest BCUT2D eigenvalue weighted by Crippen LogP contribution is -2.36. The summed E-state index contributed by atoms with van der Waals surface area (Å²) >= 11 is 3.24. The number of carboxylic acids is 1. The minimum absolute atomic E-state index is 0.325. The van der Waals surface area contributed by atoms with E-state index in [2.05, 4.69) is 21.2 Å². The van der Waals surface area contributed by atoms with Gasteiger partial charge in [-0.15, -0.1) is 0 Å². The summed E-state index contributed by atoms with van der Waals surface area (Å²) in [6.45, 7) is 1.56. The van der Waals surface area contributed by atoms with Gasteiger partial charge in [-0.1, -0.05) is 6.07 Å². The molecule has 5 nitrogen and oxygen atoms in total. The van der Waals surface area contributed by atoms with Crippen LogP contribution >= 0.6 is 15.9 Å². The number of aliphatic carboxylic acids is 1. The second kappa shape index (κ2) is 5.79. The summed E-state index contributed by atoms with van der Waals surface area (Å²) in [5.41, 5.74) is 1.40. The fourth-order valence-electron chi connectivity index (χ4n) is 1.18. The van der Waals surface area contributed by atoms with E-state index in [1.807, 2.05) is 6.92 Å². The molecule has 3 N–H and O–H groups in total. The number of aryl methyl sites for hydroxylation is 1. The molecular weight excluding hydrogens is 290 g/mol. The van der Waals surface area contributed by atoms with E-state index in [-0.39, 0.29) is 6.54 Å². The van der Waals surface area contributed by atoms with Crippen LogP contribution in [0.2, 0.25) is 0 Å². The molecule has 0 aliphatic rings. The standard InChI is InChI=1S/C11H12BrNO4/c1-6-2-3-7(8(12)4-6)10(15)13-5-9(14)11(16)17/h2-4,9,14H,5H2,1H3,(H,13,15)(H,16,17). The first-order chi connectivity index (χ1) is 7.91. The third-order valence-electron chi connectivity index (χ3n) is 2.11. The van der Waals surface area contributed by atoms with Crippen molar-refractivity contribution >= 4 is 27.8 Å². The normalized spacial score (nSPS) is 11.9. The Bertz CT molecular complexity index is 447. The van der Waals surface area contributed by atoms with E-state index in [0.29, 0.717) is 10.0 Å². The lowest BCUT2D eigenvalue weighted by molar-refractivity contribution is -0.146. The van der Waals surface area contributed by atoms with Crippen molar-refractivity contribution in [3.05, 3.63) is 33.8 Å². The number of rotatable bonds is 4. The number of aliphatic hydroxyl groups excluding tert-OH is 1. The largest absolute Gasteiger partial charge is 0.479 e. The van der Waals surface area contributed by atoms with E-state index in [1.165, 1.54) is 0 Å². The van der Waals surface area contributed by atoms with Crippen molar-refractivity contribution in [1.82, 2.24) is 5.32 Å². The Kier molecular flexibility index (Phi) is 4.65. The van der Waals surface area contributed by atoms with Crippen molar-refractivity contribution in [1.29, 1.82) is 0 Å². The van der Waals surface area contributed by atoms with Crippen molar-refractivity contribution < 1.29 is 19.8 Å². The van der Waals surface area contributed by atoms with Crippen molar-refractivity contribution in [3.8, 4) is 0 Å². The molecule has 0 saturated carbocycles. The number of benzene rings is 1. The van der Waals surface area contributed by atoms with Gasteiger partial charge in [0.2, 0.25) is 0 Å². The van der Waals surface area contributed by atoms with E-state index in [1.54, 1.807) is 18.2 Å². The van der Waals surface area contributed by atoms with E-state index in [9.17, 15) is 9.59 Å². The van der Waals surface area contributed by atoms with Crippen molar-refractivity contribution in [3.63, 3.8) is 0 Å². The highest BCUT2D eigenvalue weighted by molar-refractivity contribution is 9.10. The predicted octanol–water partition coefficient (Wildman–Crippen LogP) is 0.933. The maximum absolute atomic E-state index is 11.7. The molecule has 0 aliphatic carbocycles. The Morgan fingerprint density at radius 2 is 2.12 bits per heavy atom. The summed E-state index contributed by atoms with van der Waals surface area (Å²) in [6, 6.07) is 5.18. The van der Waals surface area contributed by atoms with Gasteiger partial charge in [-0.2, -0.15) is 0 Å². The zero-order valence-corrected chi connectivity index (χ0v) is 10.7. The first-order valence-corrected chi connectivity index (χ1v) is 5.66. The number of hydrogen-bond acceptors (Lipinski definition) is 3. The van der Waals surface area contributed by atoms with Crippen molar-refractivity contribution in [2.45, 2.75) is 13.0 Å². The Labute approximate surface area is 107 Å². The molecule has 1 aromatic carbocycles. The zero-order chi connectivity index (χ0) is 13.0. The molecule has 1 rings (SSSR count). The molecular formula is C11H12BrNO4. The molecule has 0 spiro atoms. The van der Waals surface area contributed by atoms with E-state index >= 15 is 0 Å². The molecule has 0 saturated heterocycles. The minimum atomic E-state index is -1.59. The fraction of sp³-hybridized carbons (Fsp3) is 0.273. The molecule has 92 valence electrons. The average molecular weight is 302 g/mol. The van der Waals surface area contributed by atoms with Crippen LogP contribution in [-0.2, 0) is 4.79 Å². The van der Waals surface area contributed by atoms with Crippen LogP contribution in [0.4, 0.5) is 0 Å². The summed E-state index contributed by atoms with van der Waals surface area (Å²) in [5, 5.41) is 19.8. The third kappa shape index (κ3) is 3.83. The minimum Gasteiger partial charge on any atom is -0.479 e. The summed E-state index contributed by atoms with van der Waals surface area (Å²) in [4.78, 5) is 22.0. The maximum atomic E-state index is 11.7. The van der Waals surface area contributed by atoms with Crippen LogP contribution in [0.25, 0.3) is 0 Å². The van der Waals surface area contributed by atoms with Gasteiger partial charge in [0.1, 0.15) is 0 Å². The van der Waals surface area contributed by atoms with Gasteiger partial charge in [-0.3, -0.25) is 4.79 Å². The van der Waals surface area contributed by atoms with E-state index in [4.69, 9.17) is 10.2 Å². The molecule has 17 heavy (non-hydrogen) atoms.